The number of amides is 2. The molecular weight excluding hydrogens is 529 g/mol. The van der Waals surface area contributed by atoms with Crippen LogP contribution in [0.1, 0.15) is 27.9 Å². The largest absolute Gasteiger partial charge is 0.489 e. The molecule has 9 heteroatoms. The number of hydrogen-bond acceptors (Lipinski definition) is 4. The highest BCUT2D eigenvalue weighted by Crippen LogP contribution is 2.22. The summed E-state index contributed by atoms with van der Waals surface area (Å²) in [6, 6.07) is 19.8. The maximum Gasteiger partial charge on any atom is 0.251 e. The predicted octanol–water partition coefficient (Wildman–Crippen LogP) is 5.61. The van der Waals surface area contributed by atoms with Gasteiger partial charge in [-0.1, -0.05) is 51.3 Å². The lowest BCUT2D eigenvalue weighted by Crippen LogP contribution is -2.29. The number of halogens is 3. The number of carbonyl (C=O) groups excluding carboxylic acids is 2. The number of nitrogens with zero attached hydrogens (tertiary/aromatic N) is 1. The Bertz CT molecular complexity index is 1140. The summed E-state index contributed by atoms with van der Waals surface area (Å²) in [6.45, 7) is 0.628. The van der Waals surface area contributed by atoms with Crippen LogP contribution in [0.25, 0.3) is 0 Å². The third-order valence-corrected chi connectivity index (χ3v) is 5.69. The maximum atomic E-state index is 12.1. The summed E-state index contributed by atoms with van der Waals surface area (Å²) in [5.41, 5.74) is 4.67. The lowest BCUT2D eigenvalue weighted by Gasteiger charge is -2.07. The van der Waals surface area contributed by atoms with Crippen LogP contribution in [0.15, 0.2) is 76.3 Å². The lowest BCUT2D eigenvalue weighted by molar-refractivity contribution is -0.120. The summed E-state index contributed by atoms with van der Waals surface area (Å²) in [6.07, 6.45) is 1.61. The van der Waals surface area contributed by atoms with Gasteiger partial charge >= 0.3 is 0 Å². The minimum Gasteiger partial charge on any atom is -0.489 e. The molecule has 0 radical (unpaired) electrons. The van der Waals surface area contributed by atoms with Crippen molar-refractivity contribution in [1.29, 1.82) is 0 Å². The molecule has 0 aromatic heterocycles. The van der Waals surface area contributed by atoms with E-state index in [1.807, 2.05) is 48.5 Å². The van der Waals surface area contributed by atoms with Crippen molar-refractivity contribution in [3.05, 3.63) is 97.9 Å². The zero-order valence-corrected chi connectivity index (χ0v) is 20.5. The minimum absolute atomic E-state index is 0.0766. The van der Waals surface area contributed by atoms with Gasteiger partial charge in [0.1, 0.15) is 12.4 Å². The van der Waals surface area contributed by atoms with Crippen molar-refractivity contribution in [2.75, 3.05) is 6.54 Å². The average Bonchev–Trinajstić information content (AvgIpc) is 2.81. The molecule has 0 aliphatic rings. The normalized spacial score (nSPS) is 10.8. The summed E-state index contributed by atoms with van der Waals surface area (Å²) in [7, 11) is 0. The Morgan fingerprint density at radius 3 is 2.39 bits per heavy atom. The Morgan fingerprint density at radius 1 is 0.970 bits per heavy atom. The first-order chi connectivity index (χ1) is 15.9. The molecule has 170 valence electrons. The Morgan fingerprint density at radius 2 is 1.70 bits per heavy atom. The van der Waals surface area contributed by atoms with Crippen molar-refractivity contribution in [2.24, 2.45) is 5.10 Å². The van der Waals surface area contributed by atoms with E-state index in [-0.39, 0.29) is 24.8 Å². The standard InChI is InChI=1S/C24H20BrCl2N3O3/c25-19-6-1-17(2-7-19)15-33-20-8-3-16(4-9-20)14-29-30-23(31)11-12-28-24(32)18-5-10-21(26)22(27)13-18/h1-10,13-14H,11-12,15H2,(H,28,32)(H,30,31). The smallest absolute Gasteiger partial charge is 0.251 e. The molecule has 33 heavy (non-hydrogen) atoms. The van der Waals surface area contributed by atoms with Crippen LogP contribution in [0.2, 0.25) is 10.0 Å². The minimum atomic E-state index is -0.340. The highest BCUT2D eigenvalue weighted by molar-refractivity contribution is 9.10. The molecule has 6 nitrogen and oxygen atoms in total. The zero-order chi connectivity index (χ0) is 23.6. The van der Waals surface area contributed by atoms with E-state index in [0.29, 0.717) is 22.2 Å². The lowest BCUT2D eigenvalue weighted by atomic mass is 10.2. The number of benzene rings is 3. The first-order valence-electron chi connectivity index (χ1n) is 9.93. The van der Waals surface area contributed by atoms with Crippen LogP contribution in [-0.2, 0) is 11.4 Å². The van der Waals surface area contributed by atoms with Crippen LogP contribution in [0, 0.1) is 0 Å². The van der Waals surface area contributed by atoms with Crippen LogP contribution in [0.3, 0.4) is 0 Å². The molecule has 2 amide bonds. The summed E-state index contributed by atoms with van der Waals surface area (Å²) in [5.74, 6) is 0.0688. The van der Waals surface area contributed by atoms with E-state index in [0.717, 1.165) is 21.3 Å². The van der Waals surface area contributed by atoms with Gasteiger partial charge in [0.25, 0.3) is 5.91 Å². The summed E-state index contributed by atoms with van der Waals surface area (Å²) in [4.78, 5) is 24.0. The fourth-order valence-electron chi connectivity index (χ4n) is 2.66. The monoisotopic (exact) mass is 547 g/mol. The zero-order valence-electron chi connectivity index (χ0n) is 17.4. The summed E-state index contributed by atoms with van der Waals surface area (Å²) >= 11 is 15.1. The number of hydrazone groups is 1. The molecule has 0 bridgehead atoms. The second-order valence-corrected chi connectivity index (χ2v) is 8.64. The molecule has 0 spiro atoms. The Labute approximate surface area is 210 Å². The van der Waals surface area contributed by atoms with Crippen LogP contribution >= 0.6 is 39.1 Å². The molecule has 3 aromatic rings. The van der Waals surface area contributed by atoms with Gasteiger partial charge in [0, 0.05) is 23.0 Å². The molecule has 0 saturated carbocycles. The van der Waals surface area contributed by atoms with Crippen LogP contribution in [0.5, 0.6) is 5.75 Å². The molecule has 0 unspecified atom stereocenters. The average molecular weight is 549 g/mol. The second-order valence-electron chi connectivity index (χ2n) is 6.91. The first-order valence-corrected chi connectivity index (χ1v) is 11.5. The van der Waals surface area contributed by atoms with Gasteiger partial charge < -0.3 is 10.1 Å². The van der Waals surface area contributed by atoms with E-state index >= 15 is 0 Å². The molecule has 0 atom stereocenters. The van der Waals surface area contributed by atoms with Crippen LogP contribution in [0.4, 0.5) is 0 Å². The third kappa shape index (κ3) is 8.20. The van der Waals surface area contributed by atoms with Crippen molar-refractivity contribution in [3.8, 4) is 5.75 Å². The Balaban J connectivity index is 1.37. The molecule has 3 rings (SSSR count). The van der Waals surface area contributed by atoms with Crippen molar-refractivity contribution in [1.82, 2.24) is 10.7 Å². The maximum absolute atomic E-state index is 12.1. The van der Waals surface area contributed by atoms with E-state index in [9.17, 15) is 9.59 Å². The van der Waals surface area contributed by atoms with Gasteiger partial charge in [-0.15, -0.1) is 0 Å². The number of nitrogens with one attached hydrogen (secondary N) is 2. The Kier molecular flexibility index (Phi) is 9.30. The molecular formula is C24H20BrCl2N3O3. The second kappa shape index (κ2) is 12.4. The molecule has 0 fully saturated rings. The molecule has 0 saturated heterocycles. The van der Waals surface area contributed by atoms with Gasteiger partial charge in [0.15, 0.2) is 0 Å². The van der Waals surface area contributed by atoms with Crippen molar-refractivity contribution in [3.63, 3.8) is 0 Å². The SMILES string of the molecule is O=C(CCNC(=O)c1ccc(Cl)c(Cl)c1)NN=Cc1ccc(OCc2ccc(Br)cc2)cc1. The summed E-state index contributed by atoms with van der Waals surface area (Å²) < 4.78 is 6.78. The fraction of sp³-hybridized carbons (Fsp3) is 0.125. The topological polar surface area (TPSA) is 79.8 Å². The number of ether oxygens (including phenoxy) is 1. The summed E-state index contributed by atoms with van der Waals surface area (Å²) in [5, 5.41) is 7.24. The van der Waals surface area contributed by atoms with Gasteiger partial charge in [-0.05, 0) is 65.7 Å². The number of carbonyl (C=O) groups is 2. The molecule has 0 aliphatic carbocycles. The highest BCUT2D eigenvalue weighted by Gasteiger charge is 2.08. The van der Waals surface area contributed by atoms with Gasteiger partial charge in [-0.25, -0.2) is 5.43 Å². The van der Waals surface area contributed by atoms with Crippen LogP contribution < -0.4 is 15.5 Å². The van der Waals surface area contributed by atoms with E-state index < -0.39 is 0 Å². The van der Waals surface area contributed by atoms with Crippen molar-refractivity contribution >= 4 is 57.2 Å². The van der Waals surface area contributed by atoms with Crippen molar-refractivity contribution in [2.45, 2.75) is 13.0 Å². The third-order valence-electron chi connectivity index (χ3n) is 4.42. The highest BCUT2D eigenvalue weighted by atomic mass is 79.9. The number of hydrogen-bond donors (Lipinski definition) is 2. The molecule has 3 aromatic carbocycles. The molecule has 0 heterocycles. The molecule has 2 N–H and O–H groups in total. The molecule has 0 aliphatic heterocycles. The fourth-order valence-corrected chi connectivity index (χ4v) is 3.22. The van der Waals surface area contributed by atoms with E-state index in [2.05, 4.69) is 31.8 Å². The Hall–Kier alpha value is -2.87. The van der Waals surface area contributed by atoms with Crippen LogP contribution in [-0.4, -0.2) is 24.6 Å². The van der Waals surface area contributed by atoms with Gasteiger partial charge in [0.05, 0.1) is 16.3 Å². The van der Waals surface area contributed by atoms with Gasteiger partial charge in [0.2, 0.25) is 5.91 Å². The van der Waals surface area contributed by atoms with Crippen molar-refractivity contribution < 1.29 is 14.3 Å². The quantitative estimate of drug-likeness (QED) is 0.269. The first kappa shape index (κ1) is 24.8. The predicted molar refractivity (Wildman–Crippen MR) is 134 cm³/mol. The van der Waals surface area contributed by atoms with E-state index in [4.69, 9.17) is 27.9 Å². The van der Waals surface area contributed by atoms with E-state index in [1.165, 1.54) is 12.3 Å². The van der Waals surface area contributed by atoms with Gasteiger partial charge in [-0.2, -0.15) is 5.10 Å². The van der Waals surface area contributed by atoms with Gasteiger partial charge in [-0.3, -0.25) is 9.59 Å². The van der Waals surface area contributed by atoms with E-state index in [1.54, 1.807) is 12.1 Å². The number of rotatable bonds is 9.